The molecule has 0 amide bonds. The standard InChI is InChI=1S/C22H28O3S/c1-3-24-22(23)18(2)25-20-13-15-21(16-14-20)26-17-9-5-8-12-19-10-6-4-7-11-19/h4,6-7,10-11,13-16,18H,3,5,8-9,12,17H2,1-2H3. The van der Waals surface area contributed by atoms with Crippen LogP contribution in [0, 0.1) is 0 Å². The lowest BCUT2D eigenvalue weighted by Gasteiger charge is -2.13. The number of ether oxygens (including phenoxy) is 2. The highest BCUT2D eigenvalue weighted by Crippen LogP contribution is 2.23. The molecule has 3 nitrogen and oxygen atoms in total. The second-order valence-electron chi connectivity index (χ2n) is 6.13. The van der Waals surface area contributed by atoms with Crippen LogP contribution >= 0.6 is 11.8 Å². The van der Waals surface area contributed by atoms with E-state index in [1.165, 1.54) is 29.7 Å². The zero-order valence-corrected chi connectivity index (χ0v) is 16.5. The molecule has 0 aliphatic rings. The van der Waals surface area contributed by atoms with Gasteiger partial charge in [0.1, 0.15) is 5.75 Å². The van der Waals surface area contributed by atoms with Crippen molar-refractivity contribution in [3.05, 3.63) is 60.2 Å². The molecule has 0 N–H and O–H groups in total. The van der Waals surface area contributed by atoms with Crippen LogP contribution in [0.3, 0.4) is 0 Å². The molecule has 0 saturated heterocycles. The highest BCUT2D eigenvalue weighted by molar-refractivity contribution is 7.99. The summed E-state index contributed by atoms with van der Waals surface area (Å²) in [7, 11) is 0. The molecule has 140 valence electrons. The minimum absolute atomic E-state index is 0.332. The van der Waals surface area contributed by atoms with E-state index in [2.05, 4.69) is 30.3 Å². The molecule has 2 aromatic carbocycles. The van der Waals surface area contributed by atoms with Crippen molar-refractivity contribution in [2.45, 2.75) is 50.5 Å². The van der Waals surface area contributed by atoms with Crippen LogP contribution in [0.4, 0.5) is 0 Å². The summed E-state index contributed by atoms with van der Waals surface area (Å²) in [5, 5.41) is 0. The molecule has 0 heterocycles. The fourth-order valence-corrected chi connectivity index (χ4v) is 3.48. The van der Waals surface area contributed by atoms with Crippen molar-refractivity contribution in [1.82, 2.24) is 0 Å². The van der Waals surface area contributed by atoms with Crippen molar-refractivity contribution >= 4 is 17.7 Å². The number of benzene rings is 2. The van der Waals surface area contributed by atoms with Crippen molar-refractivity contribution in [3.8, 4) is 5.75 Å². The molecule has 4 heteroatoms. The van der Waals surface area contributed by atoms with Crippen LogP contribution < -0.4 is 4.74 Å². The third-order valence-electron chi connectivity index (χ3n) is 3.98. The first kappa shape index (κ1) is 20.4. The number of hydrogen-bond donors (Lipinski definition) is 0. The van der Waals surface area contributed by atoms with Crippen molar-refractivity contribution in [1.29, 1.82) is 0 Å². The Morgan fingerprint density at radius 3 is 2.42 bits per heavy atom. The van der Waals surface area contributed by atoms with Crippen LogP contribution in [-0.4, -0.2) is 24.4 Å². The summed E-state index contributed by atoms with van der Waals surface area (Å²) in [5.41, 5.74) is 1.42. The van der Waals surface area contributed by atoms with Crippen LogP contribution in [0.25, 0.3) is 0 Å². The van der Waals surface area contributed by atoms with Gasteiger partial charge in [0.05, 0.1) is 6.61 Å². The number of carbonyl (C=O) groups is 1. The van der Waals surface area contributed by atoms with Crippen molar-refractivity contribution in [2.24, 2.45) is 0 Å². The lowest BCUT2D eigenvalue weighted by molar-refractivity contribution is -0.150. The summed E-state index contributed by atoms with van der Waals surface area (Å²) in [6.07, 6.45) is 4.28. The SMILES string of the molecule is CCOC(=O)C(C)Oc1ccc(SCCCCCc2ccccc2)cc1. The molecule has 0 bridgehead atoms. The van der Waals surface area contributed by atoms with Gasteiger partial charge in [0.15, 0.2) is 6.10 Å². The van der Waals surface area contributed by atoms with Crippen LogP contribution in [-0.2, 0) is 16.0 Å². The normalized spacial score (nSPS) is 11.8. The predicted octanol–water partition coefficient (Wildman–Crippen LogP) is 5.52. The lowest BCUT2D eigenvalue weighted by Crippen LogP contribution is -2.25. The zero-order chi connectivity index (χ0) is 18.6. The van der Waals surface area contributed by atoms with Crippen molar-refractivity contribution in [3.63, 3.8) is 0 Å². The van der Waals surface area contributed by atoms with Gasteiger partial charge in [0, 0.05) is 4.90 Å². The Labute approximate surface area is 161 Å². The largest absolute Gasteiger partial charge is 0.479 e. The Kier molecular flexibility index (Phi) is 9.11. The second-order valence-corrected chi connectivity index (χ2v) is 7.30. The summed E-state index contributed by atoms with van der Waals surface area (Å²) in [4.78, 5) is 12.8. The Bertz CT molecular complexity index is 640. The van der Waals surface area contributed by atoms with Crippen molar-refractivity contribution in [2.75, 3.05) is 12.4 Å². The average Bonchev–Trinajstić information content (AvgIpc) is 2.67. The fourth-order valence-electron chi connectivity index (χ4n) is 2.57. The summed E-state index contributed by atoms with van der Waals surface area (Å²) >= 11 is 1.86. The van der Waals surface area contributed by atoms with Gasteiger partial charge in [-0.15, -0.1) is 11.8 Å². The van der Waals surface area contributed by atoms with Gasteiger partial charge in [-0.05, 0) is 68.7 Å². The molecule has 2 rings (SSSR count). The van der Waals surface area contributed by atoms with Crippen LogP contribution in [0.2, 0.25) is 0 Å². The summed E-state index contributed by atoms with van der Waals surface area (Å²) in [5.74, 6) is 1.48. The maximum atomic E-state index is 11.6. The Balaban J connectivity index is 1.62. The van der Waals surface area contributed by atoms with Gasteiger partial charge in [0.25, 0.3) is 0 Å². The van der Waals surface area contributed by atoms with Gasteiger partial charge in [-0.3, -0.25) is 0 Å². The predicted molar refractivity (Wildman–Crippen MR) is 108 cm³/mol. The Hall–Kier alpha value is -1.94. The molecular weight excluding hydrogens is 344 g/mol. The highest BCUT2D eigenvalue weighted by Gasteiger charge is 2.15. The van der Waals surface area contributed by atoms with E-state index in [9.17, 15) is 4.79 Å². The first-order chi connectivity index (χ1) is 12.7. The number of aryl methyl sites for hydroxylation is 1. The molecular formula is C22H28O3S. The molecule has 26 heavy (non-hydrogen) atoms. The fraction of sp³-hybridized carbons (Fsp3) is 0.409. The zero-order valence-electron chi connectivity index (χ0n) is 15.6. The van der Waals surface area contributed by atoms with Gasteiger partial charge >= 0.3 is 5.97 Å². The third kappa shape index (κ3) is 7.52. The topological polar surface area (TPSA) is 35.5 Å². The summed E-state index contributed by atoms with van der Waals surface area (Å²) in [6.45, 7) is 3.86. The number of unbranched alkanes of at least 4 members (excludes halogenated alkanes) is 2. The monoisotopic (exact) mass is 372 g/mol. The number of carbonyl (C=O) groups excluding carboxylic acids is 1. The van der Waals surface area contributed by atoms with Gasteiger partial charge in [-0.2, -0.15) is 0 Å². The number of rotatable bonds is 11. The number of thioether (sulfide) groups is 1. The van der Waals surface area contributed by atoms with Gasteiger partial charge in [0.2, 0.25) is 0 Å². The van der Waals surface area contributed by atoms with Gasteiger partial charge in [-0.25, -0.2) is 4.79 Å². The highest BCUT2D eigenvalue weighted by atomic mass is 32.2. The summed E-state index contributed by atoms with van der Waals surface area (Å²) in [6, 6.07) is 18.6. The van der Waals surface area contributed by atoms with E-state index in [1.807, 2.05) is 36.0 Å². The molecule has 0 aromatic heterocycles. The van der Waals surface area contributed by atoms with E-state index in [1.54, 1.807) is 13.8 Å². The molecule has 1 unspecified atom stereocenters. The minimum atomic E-state index is -0.585. The van der Waals surface area contributed by atoms with E-state index in [0.717, 1.165) is 12.2 Å². The van der Waals surface area contributed by atoms with E-state index < -0.39 is 6.10 Å². The van der Waals surface area contributed by atoms with Crippen LogP contribution in [0.5, 0.6) is 5.75 Å². The van der Waals surface area contributed by atoms with Gasteiger partial charge < -0.3 is 9.47 Å². The van der Waals surface area contributed by atoms with Crippen LogP contribution in [0.15, 0.2) is 59.5 Å². The molecule has 1 atom stereocenters. The van der Waals surface area contributed by atoms with Crippen molar-refractivity contribution < 1.29 is 14.3 Å². The average molecular weight is 373 g/mol. The van der Waals surface area contributed by atoms with E-state index in [-0.39, 0.29) is 5.97 Å². The first-order valence-electron chi connectivity index (χ1n) is 9.29. The second kappa shape index (κ2) is 11.6. The quantitative estimate of drug-likeness (QED) is 0.295. The smallest absolute Gasteiger partial charge is 0.347 e. The Morgan fingerprint density at radius 2 is 1.73 bits per heavy atom. The molecule has 2 aromatic rings. The number of esters is 1. The maximum absolute atomic E-state index is 11.6. The molecule has 0 spiro atoms. The molecule has 0 aliphatic heterocycles. The first-order valence-corrected chi connectivity index (χ1v) is 10.3. The molecule has 0 radical (unpaired) electrons. The maximum Gasteiger partial charge on any atom is 0.347 e. The van der Waals surface area contributed by atoms with E-state index in [4.69, 9.17) is 9.47 Å². The van der Waals surface area contributed by atoms with E-state index in [0.29, 0.717) is 12.4 Å². The lowest BCUT2D eigenvalue weighted by atomic mass is 10.1. The third-order valence-corrected chi connectivity index (χ3v) is 5.07. The summed E-state index contributed by atoms with van der Waals surface area (Å²) < 4.78 is 10.5. The number of hydrogen-bond acceptors (Lipinski definition) is 4. The van der Waals surface area contributed by atoms with Crippen LogP contribution in [0.1, 0.15) is 38.7 Å². The van der Waals surface area contributed by atoms with E-state index >= 15 is 0 Å². The minimum Gasteiger partial charge on any atom is -0.479 e. The molecule has 0 aliphatic carbocycles. The molecule has 0 saturated carbocycles. The Morgan fingerprint density at radius 1 is 1.00 bits per heavy atom. The molecule has 0 fully saturated rings. The van der Waals surface area contributed by atoms with Gasteiger partial charge in [-0.1, -0.05) is 36.8 Å².